The Bertz CT molecular complexity index is 1100. The summed E-state index contributed by atoms with van der Waals surface area (Å²) in [4.78, 5) is 43.2. The van der Waals surface area contributed by atoms with Crippen LogP contribution >= 0.6 is 0 Å². The van der Waals surface area contributed by atoms with Crippen LogP contribution in [0.5, 0.6) is 5.75 Å². The molecular weight excluding hydrogens is 358 g/mol. The molecular formula is C21H15N3O4. The Balaban J connectivity index is 1.67. The maximum atomic E-state index is 12.9. The average Bonchev–Trinajstić information content (AvgIpc) is 2.98. The summed E-state index contributed by atoms with van der Waals surface area (Å²) < 4.78 is 5.27. The normalized spacial score (nSPS) is 12.7. The molecule has 1 aliphatic heterocycles. The molecule has 2 heterocycles. The minimum absolute atomic E-state index is 0.176. The van der Waals surface area contributed by atoms with Gasteiger partial charge in [0.1, 0.15) is 5.75 Å². The number of hydrogen-bond acceptors (Lipinski definition) is 5. The van der Waals surface area contributed by atoms with E-state index in [2.05, 4.69) is 10.3 Å². The van der Waals surface area contributed by atoms with E-state index in [1.54, 1.807) is 42.6 Å². The third-order valence-electron chi connectivity index (χ3n) is 4.39. The number of ether oxygens (including phenoxy) is 1. The van der Waals surface area contributed by atoms with E-state index >= 15 is 0 Å². The summed E-state index contributed by atoms with van der Waals surface area (Å²) in [6.07, 6.45) is 3.12. The summed E-state index contributed by atoms with van der Waals surface area (Å²) in [5.41, 5.74) is 1.58. The van der Waals surface area contributed by atoms with Gasteiger partial charge in [0.15, 0.2) is 0 Å². The predicted molar refractivity (Wildman–Crippen MR) is 103 cm³/mol. The van der Waals surface area contributed by atoms with Crippen LogP contribution in [0.15, 0.2) is 67.0 Å². The highest BCUT2D eigenvalue weighted by Crippen LogP contribution is 2.34. The maximum Gasteiger partial charge on any atom is 0.266 e. The van der Waals surface area contributed by atoms with Crippen LogP contribution in [0.3, 0.4) is 0 Å². The number of carbonyl (C=O) groups excluding carboxylic acids is 3. The van der Waals surface area contributed by atoms with Gasteiger partial charge in [0.25, 0.3) is 17.7 Å². The topological polar surface area (TPSA) is 88.6 Å². The smallest absolute Gasteiger partial charge is 0.266 e. The number of carbonyl (C=O) groups is 3. The fourth-order valence-electron chi connectivity index (χ4n) is 3.06. The van der Waals surface area contributed by atoms with Gasteiger partial charge < -0.3 is 10.1 Å². The number of fused-ring (bicyclic) bond motifs is 1. The molecule has 1 aliphatic rings. The van der Waals surface area contributed by atoms with E-state index in [-0.39, 0.29) is 16.7 Å². The highest BCUT2D eigenvalue weighted by molar-refractivity contribution is 6.35. The van der Waals surface area contributed by atoms with Crippen LogP contribution < -0.4 is 15.0 Å². The zero-order valence-electron chi connectivity index (χ0n) is 14.9. The number of pyridine rings is 1. The number of rotatable bonds is 4. The van der Waals surface area contributed by atoms with E-state index in [1.807, 2.05) is 0 Å². The van der Waals surface area contributed by atoms with Crippen LogP contribution in [0, 0.1) is 0 Å². The Morgan fingerprint density at radius 1 is 1.00 bits per heavy atom. The Morgan fingerprint density at radius 2 is 1.79 bits per heavy atom. The minimum Gasteiger partial charge on any atom is -0.495 e. The minimum atomic E-state index is -0.500. The molecule has 0 spiro atoms. The summed E-state index contributed by atoms with van der Waals surface area (Å²) in [6, 6.07) is 14.6. The molecule has 1 aromatic heterocycles. The van der Waals surface area contributed by atoms with Crippen LogP contribution in [0.1, 0.15) is 31.1 Å². The second-order valence-corrected chi connectivity index (χ2v) is 6.07. The number of imide groups is 1. The van der Waals surface area contributed by atoms with Crippen molar-refractivity contribution < 1.29 is 19.1 Å². The first kappa shape index (κ1) is 17.4. The fourth-order valence-corrected chi connectivity index (χ4v) is 3.06. The highest BCUT2D eigenvalue weighted by atomic mass is 16.5. The van der Waals surface area contributed by atoms with E-state index in [0.29, 0.717) is 17.1 Å². The number of hydrogen-bond donors (Lipinski definition) is 1. The van der Waals surface area contributed by atoms with Crippen LogP contribution in [-0.2, 0) is 0 Å². The molecule has 0 saturated carbocycles. The molecule has 0 unspecified atom stereocenters. The molecule has 3 aromatic rings. The summed E-state index contributed by atoms with van der Waals surface area (Å²) in [5, 5.41) is 2.71. The lowest BCUT2D eigenvalue weighted by Gasteiger charge is -2.16. The highest BCUT2D eigenvalue weighted by Gasteiger charge is 2.38. The molecule has 0 bridgehead atoms. The summed E-state index contributed by atoms with van der Waals surface area (Å²) in [5.74, 6) is -0.942. The molecule has 4 rings (SSSR count). The Labute approximate surface area is 160 Å². The summed E-state index contributed by atoms with van der Waals surface area (Å²) in [7, 11) is 1.47. The number of anilines is 2. The largest absolute Gasteiger partial charge is 0.495 e. The second-order valence-electron chi connectivity index (χ2n) is 6.07. The molecule has 2 aromatic carbocycles. The molecule has 7 nitrogen and oxygen atoms in total. The van der Waals surface area contributed by atoms with Gasteiger partial charge in [-0.05, 0) is 42.5 Å². The summed E-state index contributed by atoms with van der Waals surface area (Å²) in [6.45, 7) is 0. The van der Waals surface area contributed by atoms with Gasteiger partial charge in [-0.25, -0.2) is 4.90 Å². The summed E-state index contributed by atoms with van der Waals surface area (Å²) >= 11 is 0. The van der Waals surface area contributed by atoms with Crippen LogP contribution in [0.25, 0.3) is 0 Å². The van der Waals surface area contributed by atoms with Gasteiger partial charge in [-0.15, -0.1) is 0 Å². The molecule has 3 amide bonds. The number of nitrogens with zero attached hydrogens (tertiary/aromatic N) is 2. The van der Waals surface area contributed by atoms with E-state index in [1.165, 1.54) is 31.5 Å². The van der Waals surface area contributed by atoms with Crippen LogP contribution in [-0.4, -0.2) is 29.8 Å². The number of amides is 3. The maximum absolute atomic E-state index is 12.9. The molecule has 0 aliphatic carbocycles. The Kier molecular flexibility index (Phi) is 4.33. The lowest BCUT2D eigenvalue weighted by Crippen LogP contribution is -2.29. The van der Waals surface area contributed by atoms with Crippen molar-refractivity contribution in [1.82, 2.24) is 4.98 Å². The van der Waals surface area contributed by atoms with Crippen molar-refractivity contribution in [2.45, 2.75) is 0 Å². The van der Waals surface area contributed by atoms with Gasteiger partial charge >= 0.3 is 0 Å². The van der Waals surface area contributed by atoms with Crippen molar-refractivity contribution in [1.29, 1.82) is 0 Å². The molecule has 0 radical (unpaired) electrons. The third kappa shape index (κ3) is 2.88. The fraction of sp³-hybridized carbons (Fsp3) is 0.0476. The lowest BCUT2D eigenvalue weighted by molar-refractivity contribution is 0.0924. The number of nitrogens with one attached hydrogen (secondary N) is 1. The number of methoxy groups -OCH3 is 1. The first-order chi connectivity index (χ1) is 13.6. The van der Waals surface area contributed by atoms with Crippen molar-refractivity contribution in [2.24, 2.45) is 0 Å². The van der Waals surface area contributed by atoms with Gasteiger partial charge in [-0.2, -0.15) is 0 Å². The first-order valence-electron chi connectivity index (χ1n) is 8.47. The number of benzene rings is 2. The molecule has 28 heavy (non-hydrogen) atoms. The van der Waals surface area contributed by atoms with Crippen LogP contribution in [0.2, 0.25) is 0 Å². The molecule has 0 saturated heterocycles. The molecule has 0 fully saturated rings. The van der Waals surface area contributed by atoms with E-state index < -0.39 is 17.7 Å². The molecule has 7 heteroatoms. The lowest BCUT2D eigenvalue weighted by atomic mass is 10.1. The Morgan fingerprint density at radius 3 is 2.54 bits per heavy atom. The first-order valence-corrected chi connectivity index (χ1v) is 8.47. The quantitative estimate of drug-likeness (QED) is 0.710. The zero-order valence-corrected chi connectivity index (χ0v) is 14.9. The molecule has 138 valence electrons. The number of aromatic nitrogens is 1. The predicted octanol–water partition coefficient (Wildman–Crippen LogP) is 3.14. The van der Waals surface area contributed by atoms with Gasteiger partial charge in [-0.3, -0.25) is 19.4 Å². The average molecular weight is 373 g/mol. The Hall–Kier alpha value is -4.00. The molecule has 0 atom stereocenters. The molecule has 1 N–H and O–H groups in total. The van der Waals surface area contributed by atoms with Crippen molar-refractivity contribution in [2.75, 3.05) is 17.3 Å². The van der Waals surface area contributed by atoms with Crippen LogP contribution in [0.4, 0.5) is 11.4 Å². The van der Waals surface area contributed by atoms with Crippen molar-refractivity contribution in [3.8, 4) is 5.75 Å². The third-order valence-corrected chi connectivity index (χ3v) is 4.39. The van der Waals surface area contributed by atoms with Gasteiger partial charge in [0.05, 0.1) is 35.8 Å². The van der Waals surface area contributed by atoms with E-state index in [4.69, 9.17) is 4.74 Å². The van der Waals surface area contributed by atoms with Gasteiger partial charge in [0.2, 0.25) is 0 Å². The van der Waals surface area contributed by atoms with E-state index in [9.17, 15) is 14.4 Å². The van der Waals surface area contributed by atoms with Crippen molar-refractivity contribution in [3.05, 3.63) is 83.7 Å². The second kappa shape index (κ2) is 6.96. The van der Waals surface area contributed by atoms with Crippen molar-refractivity contribution >= 4 is 29.1 Å². The van der Waals surface area contributed by atoms with E-state index in [0.717, 1.165) is 4.90 Å². The van der Waals surface area contributed by atoms with Gasteiger partial charge in [0, 0.05) is 11.8 Å². The van der Waals surface area contributed by atoms with Gasteiger partial charge in [-0.1, -0.05) is 12.1 Å². The zero-order chi connectivity index (χ0) is 19.7. The number of para-hydroxylation sites is 2. The SMILES string of the molecule is COc1ccccc1N1C(=O)c2ccc(C(=O)Nc3cccnc3)cc2C1=O. The van der Waals surface area contributed by atoms with Crippen molar-refractivity contribution in [3.63, 3.8) is 0 Å². The monoisotopic (exact) mass is 373 g/mol. The standard InChI is InChI=1S/C21H15N3O4/c1-28-18-7-3-2-6-17(18)24-20(26)15-9-8-13(11-16(15)21(24)27)19(25)23-14-5-4-10-22-12-14/h2-12H,1H3,(H,23,25).